The van der Waals surface area contributed by atoms with E-state index in [9.17, 15) is 9.59 Å². The van der Waals surface area contributed by atoms with Crippen LogP contribution in [-0.2, 0) is 14.1 Å². The summed E-state index contributed by atoms with van der Waals surface area (Å²) in [4.78, 5) is 33.8. The summed E-state index contributed by atoms with van der Waals surface area (Å²) in [6.07, 6.45) is 4.34. The highest BCUT2D eigenvalue weighted by Gasteiger charge is 2.29. The summed E-state index contributed by atoms with van der Waals surface area (Å²) in [5, 5.41) is 1.19. The minimum atomic E-state index is -0.345. The van der Waals surface area contributed by atoms with E-state index in [1.165, 1.54) is 11.6 Å². The Balaban J connectivity index is 2.25. The Hall–Kier alpha value is -1.63. The number of aromatic nitrogens is 4. The number of aryl methyl sites for hydroxylation is 1. The number of rotatable bonds is 5. The Kier molecular flexibility index (Phi) is 4.08. The van der Waals surface area contributed by atoms with Crippen LogP contribution in [0.5, 0.6) is 0 Å². The Labute approximate surface area is 132 Å². The molecule has 0 saturated heterocycles. The first-order chi connectivity index (χ1) is 10.5. The molecule has 22 heavy (non-hydrogen) atoms. The molecule has 3 rings (SSSR count). The lowest BCUT2D eigenvalue weighted by Crippen LogP contribution is -2.37. The fourth-order valence-electron chi connectivity index (χ4n) is 2.39. The normalized spacial score (nSPS) is 14.7. The zero-order valence-corrected chi connectivity index (χ0v) is 13.9. The lowest BCUT2D eigenvalue weighted by Gasteiger charge is -2.11. The molecule has 0 atom stereocenters. The van der Waals surface area contributed by atoms with E-state index in [4.69, 9.17) is 0 Å². The molecule has 118 valence electrons. The van der Waals surface area contributed by atoms with Crippen LogP contribution in [0.15, 0.2) is 14.6 Å². The van der Waals surface area contributed by atoms with Crippen molar-refractivity contribution in [2.45, 2.75) is 43.6 Å². The van der Waals surface area contributed by atoms with Crippen molar-refractivity contribution in [2.24, 2.45) is 14.1 Å². The first-order valence-electron chi connectivity index (χ1n) is 7.65. The average molecular weight is 320 g/mol. The van der Waals surface area contributed by atoms with Crippen molar-refractivity contribution in [3.8, 4) is 0 Å². The number of hydrogen-bond acceptors (Lipinski definition) is 5. The number of unbranched alkanes of at least 4 members (excludes halogenated alkanes) is 1. The standard InChI is InChI=1S/C15H20N4O2S/c1-4-5-8-22-13-10-12(16-11(17-13)9-6-7-9)18(2)15(21)19(3)14(10)20/h9H,4-8H2,1-3H3. The highest BCUT2D eigenvalue weighted by molar-refractivity contribution is 7.99. The summed E-state index contributed by atoms with van der Waals surface area (Å²) in [5.74, 6) is 2.07. The Morgan fingerprint density at radius 2 is 1.91 bits per heavy atom. The summed E-state index contributed by atoms with van der Waals surface area (Å²) in [6, 6.07) is 0. The smallest absolute Gasteiger partial charge is 0.280 e. The molecule has 0 N–H and O–H groups in total. The molecule has 0 unspecified atom stereocenters. The molecule has 1 aliphatic rings. The van der Waals surface area contributed by atoms with Crippen LogP contribution in [0, 0.1) is 0 Å². The van der Waals surface area contributed by atoms with Gasteiger partial charge in [-0.05, 0) is 25.0 Å². The molecule has 0 amide bonds. The Morgan fingerprint density at radius 1 is 1.18 bits per heavy atom. The van der Waals surface area contributed by atoms with Gasteiger partial charge in [0.25, 0.3) is 5.56 Å². The molecule has 0 aromatic carbocycles. The van der Waals surface area contributed by atoms with Gasteiger partial charge in [-0.2, -0.15) is 0 Å². The topological polar surface area (TPSA) is 69.8 Å². The van der Waals surface area contributed by atoms with E-state index in [1.807, 2.05) is 0 Å². The van der Waals surface area contributed by atoms with Crippen molar-refractivity contribution < 1.29 is 0 Å². The SMILES string of the molecule is CCCCSc1nc(C2CC2)nc2c1c(=O)n(C)c(=O)n2C. The lowest BCUT2D eigenvalue weighted by molar-refractivity contribution is 0.698. The van der Waals surface area contributed by atoms with Crippen LogP contribution in [0.2, 0.25) is 0 Å². The molecule has 7 heteroatoms. The lowest BCUT2D eigenvalue weighted by atomic mass is 10.3. The minimum absolute atomic E-state index is 0.306. The van der Waals surface area contributed by atoms with E-state index in [2.05, 4.69) is 16.9 Å². The van der Waals surface area contributed by atoms with Gasteiger partial charge in [-0.3, -0.25) is 13.9 Å². The summed E-state index contributed by atoms with van der Waals surface area (Å²) >= 11 is 1.59. The fourth-order valence-corrected chi connectivity index (χ4v) is 3.49. The first-order valence-corrected chi connectivity index (χ1v) is 8.63. The zero-order chi connectivity index (χ0) is 15.9. The molecular formula is C15H20N4O2S. The molecule has 2 heterocycles. The van der Waals surface area contributed by atoms with E-state index in [0.717, 1.165) is 46.9 Å². The highest BCUT2D eigenvalue weighted by Crippen LogP contribution is 2.39. The summed E-state index contributed by atoms with van der Waals surface area (Å²) in [5.41, 5.74) is -0.189. The highest BCUT2D eigenvalue weighted by atomic mass is 32.2. The van der Waals surface area contributed by atoms with Crippen molar-refractivity contribution in [3.05, 3.63) is 26.7 Å². The third kappa shape index (κ3) is 2.58. The Bertz CT molecular complexity index is 836. The maximum atomic E-state index is 12.5. The van der Waals surface area contributed by atoms with Crippen molar-refractivity contribution in [3.63, 3.8) is 0 Å². The van der Waals surface area contributed by atoms with Crippen LogP contribution in [0.4, 0.5) is 0 Å². The van der Waals surface area contributed by atoms with Gasteiger partial charge < -0.3 is 0 Å². The number of thioether (sulfide) groups is 1. The van der Waals surface area contributed by atoms with Crippen LogP contribution in [0.3, 0.4) is 0 Å². The number of nitrogens with zero attached hydrogens (tertiary/aromatic N) is 4. The molecule has 6 nitrogen and oxygen atoms in total. The summed E-state index contributed by atoms with van der Waals surface area (Å²) in [6.45, 7) is 2.14. The third-order valence-electron chi connectivity index (χ3n) is 3.96. The second-order valence-electron chi connectivity index (χ2n) is 5.77. The van der Waals surface area contributed by atoms with E-state index < -0.39 is 0 Å². The van der Waals surface area contributed by atoms with E-state index in [-0.39, 0.29) is 11.2 Å². The van der Waals surface area contributed by atoms with Crippen molar-refractivity contribution >= 4 is 22.8 Å². The van der Waals surface area contributed by atoms with Crippen LogP contribution in [-0.4, -0.2) is 24.9 Å². The summed E-state index contributed by atoms with van der Waals surface area (Å²) in [7, 11) is 3.16. The summed E-state index contributed by atoms with van der Waals surface area (Å²) < 4.78 is 2.58. The predicted octanol–water partition coefficient (Wildman–Crippen LogP) is 1.80. The van der Waals surface area contributed by atoms with Crippen molar-refractivity contribution in [1.82, 2.24) is 19.1 Å². The second-order valence-corrected chi connectivity index (χ2v) is 6.85. The quantitative estimate of drug-likeness (QED) is 0.477. The van der Waals surface area contributed by atoms with Crippen LogP contribution in [0.25, 0.3) is 11.0 Å². The molecule has 0 aliphatic heterocycles. The maximum absolute atomic E-state index is 12.5. The molecular weight excluding hydrogens is 300 g/mol. The van der Waals surface area contributed by atoms with E-state index in [0.29, 0.717) is 17.0 Å². The molecule has 2 aromatic rings. The molecule has 0 spiro atoms. The fraction of sp³-hybridized carbons (Fsp3) is 0.600. The third-order valence-corrected chi connectivity index (χ3v) is 5.02. The van der Waals surface area contributed by atoms with Crippen LogP contribution >= 0.6 is 11.8 Å². The predicted molar refractivity (Wildman–Crippen MR) is 87.6 cm³/mol. The van der Waals surface area contributed by atoms with Gasteiger partial charge in [-0.1, -0.05) is 13.3 Å². The largest absolute Gasteiger partial charge is 0.332 e. The van der Waals surface area contributed by atoms with Gasteiger partial charge in [0.15, 0.2) is 5.65 Å². The van der Waals surface area contributed by atoms with Crippen LogP contribution < -0.4 is 11.2 Å². The van der Waals surface area contributed by atoms with Gasteiger partial charge in [0.1, 0.15) is 16.2 Å². The van der Waals surface area contributed by atoms with Gasteiger partial charge in [-0.15, -0.1) is 11.8 Å². The maximum Gasteiger partial charge on any atom is 0.332 e. The second kappa shape index (κ2) is 5.87. The average Bonchev–Trinajstić information content (AvgIpc) is 3.35. The monoisotopic (exact) mass is 320 g/mol. The zero-order valence-electron chi connectivity index (χ0n) is 13.1. The molecule has 1 fully saturated rings. The molecule has 2 aromatic heterocycles. The first kappa shape index (κ1) is 15.3. The van der Waals surface area contributed by atoms with Gasteiger partial charge >= 0.3 is 5.69 Å². The van der Waals surface area contributed by atoms with Crippen molar-refractivity contribution in [1.29, 1.82) is 0 Å². The Morgan fingerprint density at radius 3 is 2.55 bits per heavy atom. The molecule has 0 bridgehead atoms. The van der Waals surface area contributed by atoms with Crippen molar-refractivity contribution in [2.75, 3.05) is 5.75 Å². The molecule has 1 aliphatic carbocycles. The van der Waals surface area contributed by atoms with Gasteiger partial charge in [0, 0.05) is 20.0 Å². The number of hydrogen-bond donors (Lipinski definition) is 0. The van der Waals surface area contributed by atoms with Gasteiger partial charge in [0.05, 0.1) is 0 Å². The van der Waals surface area contributed by atoms with Crippen LogP contribution in [0.1, 0.15) is 44.3 Å². The van der Waals surface area contributed by atoms with E-state index >= 15 is 0 Å². The molecule has 1 saturated carbocycles. The minimum Gasteiger partial charge on any atom is -0.280 e. The number of fused-ring (bicyclic) bond motifs is 1. The van der Waals surface area contributed by atoms with E-state index in [1.54, 1.807) is 18.8 Å². The molecule has 0 radical (unpaired) electrons. The van der Waals surface area contributed by atoms with Gasteiger partial charge in [0.2, 0.25) is 0 Å². The van der Waals surface area contributed by atoms with Gasteiger partial charge in [-0.25, -0.2) is 14.8 Å².